The Labute approximate surface area is 60.3 Å². The van der Waals surface area contributed by atoms with Crippen molar-refractivity contribution in [3.05, 3.63) is 17.8 Å². The predicted octanol–water partition coefficient (Wildman–Crippen LogP) is 1.19. The second kappa shape index (κ2) is 2.25. The van der Waals surface area contributed by atoms with Crippen LogP contribution in [0.5, 0.6) is 0 Å². The highest BCUT2D eigenvalue weighted by Gasteiger charge is 2.22. The van der Waals surface area contributed by atoms with Crippen LogP contribution in [0.15, 0.2) is 11.3 Å². The number of hydroxylamine groups is 1. The molecule has 0 spiro atoms. The Hall–Kier alpha value is -0.540. The molecular weight excluding hydrogens is 128 g/mol. The normalized spacial score (nSPS) is 26.5. The van der Waals surface area contributed by atoms with Crippen molar-refractivity contribution in [2.45, 2.75) is 25.7 Å². The lowest BCUT2D eigenvalue weighted by Gasteiger charge is -2.11. The monoisotopic (exact) mass is 139 g/mol. The third kappa shape index (κ3) is 0.914. The standard InChI is InChI=1S/C7H11N2O/c10-9-5-6-3-1-2-4-7(6)8-9/h5,8,10H,1-4H2. The molecule has 10 heavy (non-hydrogen) atoms. The summed E-state index contributed by atoms with van der Waals surface area (Å²) in [6.07, 6.45) is 4.70. The SMILES string of the molecule is ON1[CH]C2=C(CCCC2)N1. The molecule has 1 aliphatic carbocycles. The summed E-state index contributed by atoms with van der Waals surface area (Å²) >= 11 is 0. The molecule has 1 aliphatic heterocycles. The predicted molar refractivity (Wildman–Crippen MR) is 36.6 cm³/mol. The first kappa shape index (κ1) is 6.19. The second-order valence-corrected chi connectivity index (χ2v) is 2.80. The highest BCUT2D eigenvalue weighted by Crippen LogP contribution is 2.28. The molecule has 2 aliphatic rings. The number of nitrogens with one attached hydrogen (secondary N) is 1. The van der Waals surface area contributed by atoms with Crippen LogP contribution in [0, 0.1) is 6.54 Å². The van der Waals surface area contributed by atoms with Crippen LogP contribution in [0.3, 0.4) is 0 Å². The smallest absolute Gasteiger partial charge is 0.103 e. The van der Waals surface area contributed by atoms with E-state index in [0.29, 0.717) is 0 Å². The third-order valence-corrected chi connectivity index (χ3v) is 2.04. The van der Waals surface area contributed by atoms with E-state index in [2.05, 4.69) is 5.43 Å². The van der Waals surface area contributed by atoms with E-state index in [1.54, 1.807) is 6.54 Å². The zero-order chi connectivity index (χ0) is 6.97. The first-order valence-corrected chi connectivity index (χ1v) is 3.68. The van der Waals surface area contributed by atoms with Gasteiger partial charge in [-0.2, -0.15) is 0 Å². The maximum atomic E-state index is 8.98. The molecule has 0 unspecified atom stereocenters. The Bertz CT molecular complexity index is 158. The summed E-state index contributed by atoms with van der Waals surface area (Å²) < 4.78 is 0. The molecule has 55 valence electrons. The lowest BCUT2D eigenvalue weighted by atomic mass is 9.98. The van der Waals surface area contributed by atoms with Crippen LogP contribution in [0.4, 0.5) is 0 Å². The molecule has 0 bridgehead atoms. The third-order valence-electron chi connectivity index (χ3n) is 2.04. The fourth-order valence-corrected chi connectivity index (χ4v) is 1.52. The van der Waals surface area contributed by atoms with Crippen molar-refractivity contribution in [2.75, 3.05) is 0 Å². The van der Waals surface area contributed by atoms with Crippen molar-refractivity contribution >= 4 is 0 Å². The number of nitrogens with zero attached hydrogens (tertiary/aromatic N) is 1. The lowest BCUT2D eigenvalue weighted by Crippen LogP contribution is -2.25. The zero-order valence-corrected chi connectivity index (χ0v) is 5.80. The van der Waals surface area contributed by atoms with Crippen molar-refractivity contribution in [3.63, 3.8) is 0 Å². The summed E-state index contributed by atoms with van der Waals surface area (Å²) in [4.78, 5) is 0. The molecule has 2 rings (SSSR count). The maximum absolute atomic E-state index is 8.98. The Kier molecular flexibility index (Phi) is 1.39. The fourth-order valence-electron chi connectivity index (χ4n) is 1.52. The van der Waals surface area contributed by atoms with Gasteiger partial charge < -0.3 is 0 Å². The number of hydrazine groups is 1. The highest BCUT2D eigenvalue weighted by molar-refractivity contribution is 5.25. The maximum Gasteiger partial charge on any atom is 0.103 e. The molecule has 0 aromatic carbocycles. The largest absolute Gasteiger partial charge is 0.300 e. The van der Waals surface area contributed by atoms with Crippen LogP contribution >= 0.6 is 0 Å². The number of hydrogen-bond donors (Lipinski definition) is 2. The molecular formula is C7H11N2O. The molecule has 3 nitrogen and oxygen atoms in total. The van der Waals surface area contributed by atoms with E-state index in [4.69, 9.17) is 5.21 Å². The summed E-state index contributed by atoms with van der Waals surface area (Å²) in [5.74, 6) is 0. The fraction of sp³-hybridized carbons (Fsp3) is 0.571. The lowest BCUT2D eigenvalue weighted by molar-refractivity contribution is -0.0861. The summed E-state index contributed by atoms with van der Waals surface area (Å²) in [6.45, 7) is 1.76. The van der Waals surface area contributed by atoms with Gasteiger partial charge in [0.05, 0.1) is 0 Å². The summed E-state index contributed by atoms with van der Waals surface area (Å²) in [6, 6.07) is 0. The molecule has 0 amide bonds. The van der Waals surface area contributed by atoms with Crippen LogP contribution in [0.25, 0.3) is 0 Å². The Morgan fingerprint density at radius 2 is 2.20 bits per heavy atom. The van der Waals surface area contributed by atoms with E-state index < -0.39 is 0 Å². The van der Waals surface area contributed by atoms with Gasteiger partial charge in [-0.1, -0.05) is 5.17 Å². The van der Waals surface area contributed by atoms with Gasteiger partial charge in [0.15, 0.2) is 0 Å². The second-order valence-electron chi connectivity index (χ2n) is 2.80. The minimum atomic E-state index is 1.05. The van der Waals surface area contributed by atoms with E-state index in [9.17, 15) is 0 Å². The van der Waals surface area contributed by atoms with E-state index in [0.717, 1.165) is 18.0 Å². The van der Waals surface area contributed by atoms with Gasteiger partial charge >= 0.3 is 0 Å². The van der Waals surface area contributed by atoms with Crippen molar-refractivity contribution in [1.29, 1.82) is 0 Å². The molecule has 2 N–H and O–H groups in total. The Balaban J connectivity index is 2.13. The average Bonchev–Trinajstić information content (AvgIpc) is 2.27. The van der Waals surface area contributed by atoms with Gasteiger partial charge in [0.2, 0.25) is 0 Å². The van der Waals surface area contributed by atoms with Crippen molar-refractivity contribution in [1.82, 2.24) is 10.6 Å². The van der Waals surface area contributed by atoms with E-state index in [-0.39, 0.29) is 0 Å². The number of hydrogen-bond acceptors (Lipinski definition) is 3. The molecule has 3 heteroatoms. The van der Waals surface area contributed by atoms with Crippen molar-refractivity contribution < 1.29 is 5.21 Å². The number of rotatable bonds is 0. The van der Waals surface area contributed by atoms with Gasteiger partial charge in [0, 0.05) is 5.70 Å². The molecule has 0 saturated carbocycles. The van der Waals surface area contributed by atoms with Gasteiger partial charge in [0.1, 0.15) is 6.54 Å². The topological polar surface area (TPSA) is 35.5 Å². The van der Waals surface area contributed by atoms with Gasteiger partial charge in [0.25, 0.3) is 0 Å². The molecule has 0 saturated heterocycles. The van der Waals surface area contributed by atoms with Crippen LogP contribution in [0.2, 0.25) is 0 Å². The summed E-state index contributed by atoms with van der Waals surface area (Å²) in [5, 5.41) is 10.0. The van der Waals surface area contributed by atoms with E-state index in [1.807, 2.05) is 0 Å². The number of allylic oxidation sites excluding steroid dienone is 1. The minimum Gasteiger partial charge on any atom is -0.300 e. The quantitative estimate of drug-likeness (QED) is 0.529. The molecule has 1 heterocycles. The van der Waals surface area contributed by atoms with Gasteiger partial charge in [-0.3, -0.25) is 10.6 Å². The highest BCUT2D eigenvalue weighted by atomic mass is 16.5. The minimum absolute atomic E-state index is 1.05. The van der Waals surface area contributed by atoms with Crippen LogP contribution in [0.1, 0.15) is 25.7 Å². The van der Waals surface area contributed by atoms with E-state index in [1.165, 1.54) is 24.1 Å². The molecule has 0 fully saturated rings. The average molecular weight is 139 g/mol. The first-order chi connectivity index (χ1) is 4.86. The molecule has 0 aromatic rings. The first-order valence-electron chi connectivity index (χ1n) is 3.68. The van der Waals surface area contributed by atoms with Crippen molar-refractivity contribution in [3.8, 4) is 0 Å². The van der Waals surface area contributed by atoms with Crippen LogP contribution in [-0.4, -0.2) is 10.4 Å². The Morgan fingerprint density at radius 1 is 1.40 bits per heavy atom. The molecule has 1 radical (unpaired) electrons. The van der Waals surface area contributed by atoms with Gasteiger partial charge in [-0.15, -0.1) is 0 Å². The van der Waals surface area contributed by atoms with E-state index >= 15 is 0 Å². The molecule has 0 aromatic heterocycles. The van der Waals surface area contributed by atoms with Gasteiger partial charge in [-0.05, 0) is 31.3 Å². The van der Waals surface area contributed by atoms with Crippen LogP contribution in [-0.2, 0) is 0 Å². The zero-order valence-electron chi connectivity index (χ0n) is 5.80. The summed E-state index contributed by atoms with van der Waals surface area (Å²) in [5.41, 5.74) is 5.34. The molecule has 0 atom stereocenters. The van der Waals surface area contributed by atoms with Crippen molar-refractivity contribution in [2.24, 2.45) is 0 Å². The van der Waals surface area contributed by atoms with Gasteiger partial charge in [-0.25, -0.2) is 0 Å². The Morgan fingerprint density at radius 3 is 3.00 bits per heavy atom. The van der Waals surface area contributed by atoms with Crippen LogP contribution < -0.4 is 5.43 Å². The summed E-state index contributed by atoms with van der Waals surface area (Å²) in [7, 11) is 0.